The Kier molecular flexibility index (Phi) is 3.41. The lowest BCUT2D eigenvalue weighted by Gasteiger charge is -2.27. The highest BCUT2D eigenvalue weighted by Crippen LogP contribution is 2.29. The third-order valence-corrected chi connectivity index (χ3v) is 3.94. The Bertz CT molecular complexity index is 623. The summed E-state index contributed by atoms with van der Waals surface area (Å²) in [5.74, 6) is 0.961. The molecule has 1 aromatic rings. The molecule has 1 aromatic carbocycles. The van der Waals surface area contributed by atoms with Gasteiger partial charge in [-0.3, -0.25) is 9.79 Å². The second-order valence-electron chi connectivity index (χ2n) is 5.57. The molecule has 0 aliphatic carbocycles. The normalized spacial score (nSPS) is 24.0. The lowest BCUT2D eigenvalue weighted by Crippen LogP contribution is -2.37. The van der Waals surface area contributed by atoms with Gasteiger partial charge >= 0.3 is 0 Å². The zero-order chi connectivity index (χ0) is 15.0. The Morgan fingerprint density at radius 2 is 2.24 bits per heavy atom. The molecule has 2 atom stereocenters. The number of amidine groups is 1. The van der Waals surface area contributed by atoms with Gasteiger partial charge in [-0.05, 0) is 32.0 Å². The van der Waals surface area contributed by atoms with Gasteiger partial charge in [0.2, 0.25) is 5.91 Å². The van der Waals surface area contributed by atoms with Crippen LogP contribution in [0.3, 0.4) is 0 Å². The summed E-state index contributed by atoms with van der Waals surface area (Å²) in [4.78, 5) is 18.6. The van der Waals surface area contributed by atoms with Crippen molar-refractivity contribution in [2.45, 2.75) is 25.9 Å². The molecule has 2 unspecified atom stereocenters. The van der Waals surface area contributed by atoms with Crippen LogP contribution in [0.15, 0.2) is 35.8 Å². The number of carbonyl (C=O) groups excluding carboxylic acids is 1. The quantitative estimate of drug-likeness (QED) is 0.836. The molecule has 0 spiro atoms. The van der Waals surface area contributed by atoms with Crippen molar-refractivity contribution in [3.05, 3.63) is 36.4 Å². The fourth-order valence-corrected chi connectivity index (χ4v) is 2.73. The van der Waals surface area contributed by atoms with Gasteiger partial charge in [-0.15, -0.1) is 6.58 Å². The topological polar surface area (TPSA) is 56.7 Å². The Hall–Kier alpha value is -2.30. The number of amides is 1. The van der Waals surface area contributed by atoms with Crippen LogP contribution >= 0.6 is 0 Å². The van der Waals surface area contributed by atoms with E-state index in [1.54, 1.807) is 0 Å². The molecular formula is C16H20N4O. The molecule has 0 saturated heterocycles. The lowest BCUT2D eigenvalue weighted by molar-refractivity contribution is -0.116. The average molecular weight is 284 g/mol. The number of rotatable bonds is 3. The Morgan fingerprint density at radius 3 is 3.00 bits per heavy atom. The third kappa shape index (κ3) is 2.39. The van der Waals surface area contributed by atoms with Crippen molar-refractivity contribution in [2.24, 2.45) is 4.99 Å². The molecule has 5 nitrogen and oxygen atoms in total. The number of fused-ring (bicyclic) bond motifs is 1. The van der Waals surface area contributed by atoms with Crippen LogP contribution in [-0.4, -0.2) is 41.8 Å². The first kappa shape index (κ1) is 13.7. The van der Waals surface area contributed by atoms with Crippen LogP contribution in [0, 0.1) is 0 Å². The fraction of sp³-hybridized carbons (Fsp3) is 0.375. The molecule has 0 bridgehead atoms. The molecule has 1 amide bonds. The van der Waals surface area contributed by atoms with E-state index >= 15 is 0 Å². The van der Waals surface area contributed by atoms with E-state index in [1.807, 2.05) is 31.2 Å². The van der Waals surface area contributed by atoms with E-state index in [1.165, 1.54) is 0 Å². The minimum absolute atomic E-state index is 0.00988. The molecule has 2 heterocycles. The van der Waals surface area contributed by atoms with Crippen molar-refractivity contribution in [1.29, 1.82) is 0 Å². The van der Waals surface area contributed by atoms with Crippen molar-refractivity contribution in [3.63, 3.8) is 0 Å². The molecule has 3 rings (SSSR count). The molecular weight excluding hydrogens is 264 g/mol. The summed E-state index contributed by atoms with van der Waals surface area (Å²) in [5.41, 5.74) is 2.79. The van der Waals surface area contributed by atoms with E-state index in [4.69, 9.17) is 0 Å². The number of hydrogen-bond donors (Lipinski definition) is 2. The number of anilines is 2. The SMILES string of the molecule is C=CCN1C(c2ccc3c(c2)NC(=O)C(C)N3)=NCC1C. The first-order chi connectivity index (χ1) is 10.1. The second-order valence-corrected chi connectivity index (χ2v) is 5.57. The average Bonchev–Trinajstić information content (AvgIpc) is 2.82. The number of benzene rings is 1. The molecule has 2 aliphatic heterocycles. The zero-order valence-corrected chi connectivity index (χ0v) is 12.4. The maximum Gasteiger partial charge on any atom is 0.246 e. The van der Waals surface area contributed by atoms with Crippen LogP contribution in [-0.2, 0) is 4.79 Å². The van der Waals surface area contributed by atoms with Crippen molar-refractivity contribution >= 4 is 23.1 Å². The number of nitrogens with one attached hydrogen (secondary N) is 2. The van der Waals surface area contributed by atoms with Crippen LogP contribution in [0.25, 0.3) is 0 Å². The van der Waals surface area contributed by atoms with Gasteiger partial charge in [0, 0.05) is 18.2 Å². The van der Waals surface area contributed by atoms with Crippen molar-refractivity contribution in [3.8, 4) is 0 Å². The molecule has 5 heteroatoms. The number of hydrogen-bond acceptors (Lipinski definition) is 4. The van der Waals surface area contributed by atoms with Gasteiger partial charge in [-0.1, -0.05) is 6.08 Å². The van der Waals surface area contributed by atoms with Gasteiger partial charge in [-0.2, -0.15) is 0 Å². The summed E-state index contributed by atoms with van der Waals surface area (Å²) >= 11 is 0. The van der Waals surface area contributed by atoms with Gasteiger partial charge < -0.3 is 15.5 Å². The highest BCUT2D eigenvalue weighted by Gasteiger charge is 2.26. The summed E-state index contributed by atoms with van der Waals surface area (Å²) in [7, 11) is 0. The van der Waals surface area contributed by atoms with E-state index in [2.05, 4.69) is 34.0 Å². The molecule has 2 aliphatic rings. The molecule has 21 heavy (non-hydrogen) atoms. The number of aliphatic imine (C=N–C) groups is 1. The van der Waals surface area contributed by atoms with Gasteiger partial charge in [0.25, 0.3) is 0 Å². The summed E-state index contributed by atoms with van der Waals surface area (Å²) < 4.78 is 0. The maximum absolute atomic E-state index is 11.8. The van der Waals surface area contributed by atoms with E-state index in [-0.39, 0.29) is 11.9 Å². The van der Waals surface area contributed by atoms with Crippen LogP contribution in [0.2, 0.25) is 0 Å². The fourth-order valence-electron chi connectivity index (χ4n) is 2.73. The maximum atomic E-state index is 11.8. The number of carbonyl (C=O) groups is 1. The Labute approximate surface area is 124 Å². The van der Waals surface area contributed by atoms with E-state index < -0.39 is 0 Å². The second kappa shape index (κ2) is 5.24. The minimum atomic E-state index is -0.204. The predicted octanol–water partition coefficient (Wildman–Crippen LogP) is 2.08. The summed E-state index contributed by atoms with van der Waals surface area (Å²) in [5, 5.41) is 6.13. The van der Waals surface area contributed by atoms with Crippen molar-refractivity contribution in [2.75, 3.05) is 23.7 Å². The molecule has 110 valence electrons. The molecule has 0 saturated carbocycles. The van der Waals surface area contributed by atoms with Gasteiger partial charge in [0.1, 0.15) is 11.9 Å². The van der Waals surface area contributed by atoms with Crippen LogP contribution in [0.5, 0.6) is 0 Å². The lowest BCUT2D eigenvalue weighted by atomic mass is 10.1. The molecule has 0 fully saturated rings. The van der Waals surface area contributed by atoms with Crippen molar-refractivity contribution < 1.29 is 4.79 Å². The van der Waals surface area contributed by atoms with E-state index in [0.717, 1.165) is 35.9 Å². The van der Waals surface area contributed by atoms with E-state index in [0.29, 0.717) is 6.04 Å². The first-order valence-electron chi connectivity index (χ1n) is 7.24. The number of nitrogens with zero attached hydrogens (tertiary/aromatic N) is 2. The Morgan fingerprint density at radius 1 is 1.43 bits per heavy atom. The smallest absolute Gasteiger partial charge is 0.246 e. The molecule has 0 radical (unpaired) electrons. The largest absolute Gasteiger partial charge is 0.372 e. The standard InChI is InChI=1S/C16H20N4O/c1-4-7-20-10(2)9-17-15(20)12-5-6-13-14(8-12)19-16(21)11(3)18-13/h4-6,8,10-11,18H,1,7,9H2,2-3H3,(H,19,21). The minimum Gasteiger partial charge on any atom is -0.372 e. The highest BCUT2D eigenvalue weighted by atomic mass is 16.2. The highest BCUT2D eigenvalue weighted by molar-refractivity contribution is 6.06. The third-order valence-electron chi connectivity index (χ3n) is 3.94. The van der Waals surface area contributed by atoms with E-state index in [9.17, 15) is 4.79 Å². The summed E-state index contributed by atoms with van der Waals surface area (Å²) in [6.07, 6.45) is 1.89. The van der Waals surface area contributed by atoms with Gasteiger partial charge in [-0.25, -0.2) is 0 Å². The Balaban J connectivity index is 1.92. The molecule has 2 N–H and O–H groups in total. The van der Waals surface area contributed by atoms with Gasteiger partial charge in [0.15, 0.2) is 0 Å². The van der Waals surface area contributed by atoms with Crippen molar-refractivity contribution in [1.82, 2.24) is 4.90 Å². The van der Waals surface area contributed by atoms with Crippen LogP contribution < -0.4 is 10.6 Å². The molecule has 0 aromatic heterocycles. The zero-order valence-electron chi connectivity index (χ0n) is 12.4. The van der Waals surface area contributed by atoms with Crippen LogP contribution in [0.4, 0.5) is 11.4 Å². The van der Waals surface area contributed by atoms with Crippen LogP contribution in [0.1, 0.15) is 19.4 Å². The monoisotopic (exact) mass is 284 g/mol. The first-order valence-corrected chi connectivity index (χ1v) is 7.24. The summed E-state index contributed by atoms with van der Waals surface area (Å²) in [6, 6.07) is 6.20. The van der Waals surface area contributed by atoms with Gasteiger partial charge in [0.05, 0.1) is 17.9 Å². The predicted molar refractivity (Wildman–Crippen MR) is 85.9 cm³/mol. The summed E-state index contributed by atoms with van der Waals surface area (Å²) in [6.45, 7) is 9.39.